The van der Waals surface area contributed by atoms with Crippen molar-refractivity contribution < 1.29 is 33.0 Å². The summed E-state index contributed by atoms with van der Waals surface area (Å²) in [6.45, 7) is 7.77. The molecule has 0 aromatic rings. The molecule has 178 valence electrons. The molecule has 0 bridgehead atoms. The van der Waals surface area contributed by atoms with Gasteiger partial charge < -0.3 is 9.47 Å². The van der Waals surface area contributed by atoms with Crippen LogP contribution < -0.4 is 0 Å². The second-order valence-electron chi connectivity index (χ2n) is 10.4. The summed E-state index contributed by atoms with van der Waals surface area (Å²) in [5.41, 5.74) is -1.39. The molecule has 6 nitrogen and oxygen atoms in total. The Morgan fingerprint density at radius 2 is 1.82 bits per heavy atom. The van der Waals surface area contributed by atoms with Crippen LogP contribution in [-0.2, 0) is 28.7 Å². The molecule has 0 aromatic carbocycles. The van der Waals surface area contributed by atoms with Gasteiger partial charge in [-0.05, 0) is 55.7 Å². The van der Waals surface area contributed by atoms with Gasteiger partial charge in [0.1, 0.15) is 6.17 Å². The summed E-state index contributed by atoms with van der Waals surface area (Å²) in [4.78, 5) is 49.1. The van der Waals surface area contributed by atoms with Crippen LogP contribution in [0.1, 0.15) is 53.9 Å². The SMILES string of the molecule is CC(=O)OCC(=O)[C@@]1(OC(C)=O)[C@@H](C)C[C@H]2[C@@H]3C[C@H](F)C4=CC(=O)C=C[C@]4(C)C3=CC[C@@]21C. The highest BCUT2D eigenvalue weighted by Crippen LogP contribution is 2.67. The van der Waals surface area contributed by atoms with Gasteiger partial charge in [0.25, 0.3) is 0 Å². The average molecular weight is 459 g/mol. The lowest BCUT2D eigenvalue weighted by Gasteiger charge is -2.54. The van der Waals surface area contributed by atoms with E-state index >= 15 is 4.39 Å². The smallest absolute Gasteiger partial charge is 0.303 e. The van der Waals surface area contributed by atoms with Gasteiger partial charge in [-0.25, -0.2) is 4.39 Å². The molecule has 0 heterocycles. The monoisotopic (exact) mass is 458 g/mol. The first kappa shape index (κ1) is 23.6. The van der Waals surface area contributed by atoms with Crippen LogP contribution in [0, 0.1) is 28.6 Å². The Morgan fingerprint density at radius 1 is 1.12 bits per heavy atom. The van der Waals surface area contributed by atoms with Crippen LogP contribution in [0.25, 0.3) is 0 Å². The molecule has 33 heavy (non-hydrogen) atoms. The van der Waals surface area contributed by atoms with Gasteiger partial charge >= 0.3 is 11.9 Å². The van der Waals surface area contributed by atoms with Crippen molar-refractivity contribution in [3.8, 4) is 0 Å². The number of carbonyl (C=O) groups is 4. The predicted octanol–water partition coefficient (Wildman–Crippen LogP) is 3.84. The summed E-state index contributed by atoms with van der Waals surface area (Å²) in [6, 6.07) is 0. The second kappa shape index (κ2) is 7.74. The minimum Gasteiger partial charge on any atom is -0.458 e. The van der Waals surface area contributed by atoms with E-state index in [0.29, 0.717) is 18.4 Å². The number of carbonyl (C=O) groups excluding carboxylic acids is 4. The minimum absolute atomic E-state index is 0.115. The van der Waals surface area contributed by atoms with Gasteiger partial charge in [0.15, 0.2) is 18.0 Å². The van der Waals surface area contributed by atoms with Crippen LogP contribution in [0.2, 0.25) is 0 Å². The van der Waals surface area contributed by atoms with Crippen LogP contribution in [0.15, 0.2) is 35.5 Å². The van der Waals surface area contributed by atoms with Crippen molar-refractivity contribution in [2.45, 2.75) is 65.7 Å². The molecule has 0 aromatic heterocycles. The van der Waals surface area contributed by atoms with Crippen LogP contribution in [0.3, 0.4) is 0 Å². The largest absolute Gasteiger partial charge is 0.458 e. The minimum atomic E-state index is -1.47. The van der Waals surface area contributed by atoms with Gasteiger partial charge in [-0.15, -0.1) is 0 Å². The van der Waals surface area contributed by atoms with Crippen molar-refractivity contribution in [3.05, 3.63) is 35.5 Å². The van der Waals surface area contributed by atoms with E-state index < -0.39 is 46.9 Å². The van der Waals surface area contributed by atoms with Crippen LogP contribution >= 0.6 is 0 Å². The lowest BCUT2D eigenvalue weighted by atomic mass is 9.51. The summed E-state index contributed by atoms with van der Waals surface area (Å²) >= 11 is 0. The Kier molecular flexibility index (Phi) is 5.53. The molecule has 0 radical (unpaired) electrons. The summed E-state index contributed by atoms with van der Waals surface area (Å²) < 4.78 is 26.3. The quantitative estimate of drug-likeness (QED) is 0.470. The number of allylic oxidation sites excluding steroid dienone is 6. The molecule has 0 amide bonds. The van der Waals surface area contributed by atoms with Crippen molar-refractivity contribution in [1.82, 2.24) is 0 Å². The number of rotatable bonds is 4. The number of ether oxygens (including phenoxy) is 2. The summed E-state index contributed by atoms with van der Waals surface area (Å²) in [5, 5.41) is 0. The molecule has 7 atom stereocenters. The summed E-state index contributed by atoms with van der Waals surface area (Å²) in [5.74, 6) is -2.42. The number of Topliss-reactive ketones (excluding diaryl/α,β-unsaturated/α-hetero) is 1. The van der Waals surface area contributed by atoms with Gasteiger partial charge in [-0.1, -0.05) is 31.6 Å². The predicted molar refractivity (Wildman–Crippen MR) is 118 cm³/mol. The third-order valence-electron chi connectivity index (χ3n) is 8.60. The van der Waals surface area contributed by atoms with E-state index in [1.165, 1.54) is 26.0 Å². The average Bonchev–Trinajstić information content (AvgIpc) is 2.95. The Balaban J connectivity index is 1.81. The second-order valence-corrected chi connectivity index (χ2v) is 10.4. The van der Waals surface area contributed by atoms with E-state index in [2.05, 4.69) is 6.08 Å². The Labute approximate surface area is 193 Å². The first-order valence-electron chi connectivity index (χ1n) is 11.5. The van der Waals surface area contributed by atoms with E-state index in [-0.39, 0.29) is 30.0 Å². The number of fused-ring (bicyclic) bond motifs is 5. The molecule has 0 N–H and O–H groups in total. The molecular weight excluding hydrogens is 427 g/mol. The number of ketones is 2. The fourth-order valence-electron chi connectivity index (χ4n) is 7.23. The Bertz CT molecular complexity index is 1020. The molecule has 2 saturated carbocycles. The number of esters is 2. The maximum absolute atomic E-state index is 15.5. The fourth-order valence-corrected chi connectivity index (χ4v) is 7.23. The van der Waals surface area contributed by atoms with Crippen molar-refractivity contribution in [2.75, 3.05) is 6.61 Å². The Morgan fingerprint density at radius 3 is 2.45 bits per heavy atom. The zero-order chi connectivity index (χ0) is 24.3. The van der Waals surface area contributed by atoms with Crippen molar-refractivity contribution in [3.63, 3.8) is 0 Å². The first-order valence-corrected chi connectivity index (χ1v) is 11.5. The first-order chi connectivity index (χ1) is 15.4. The van der Waals surface area contributed by atoms with E-state index in [1.807, 2.05) is 20.8 Å². The van der Waals surface area contributed by atoms with Crippen molar-refractivity contribution >= 4 is 23.5 Å². The van der Waals surface area contributed by atoms with Crippen molar-refractivity contribution in [2.24, 2.45) is 28.6 Å². The van der Waals surface area contributed by atoms with Gasteiger partial charge in [-0.3, -0.25) is 19.2 Å². The lowest BCUT2D eigenvalue weighted by Crippen LogP contribution is -2.60. The van der Waals surface area contributed by atoms with Gasteiger partial charge in [-0.2, -0.15) is 0 Å². The molecule has 0 aliphatic heterocycles. The highest BCUT2D eigenvalue weighted by atomic mass is 19.1. The molecule has 7 heteroatoms. The molecule has 4 aliphatic carbocycles. The normalized spacial score (nSPS) is 41.2. The fraction of sp³-hybridized carbons (Fsp3) is 0.615. The van der Waals surface area contributed by atoms with E-state index in [1.54, 1.807) is 6.08 Å². The Hall–Kier alpha value is -2.57. The van der Waals surface area contributed by atoms with Gasteiger partial charge in [0, 0.05) is 30.6 Å². The molecule has 4 aliphatic rings. The number of hydrogen-bond donors (Lipinski definition) is 0. The van der Waals surface area contributed by atoms with Crippen LogP contribution in [0.4, 0.5) is 4.39 Å². The molecule has 0 spiro atoms. The zero-order valence-electron chi connectivity index (χ0n) is 19.8. The molecule has 0 unspecified atom stereocenters. The standard InChI is InChI=1S/C26H31FO6/c1-14-10-20-18-12-22(27)21-11-17(30)6-8-24(21,4)19(18)7-9-25(20,5)26(14,33-16(3)29)23(31)13-32-15(2)28/h6-8,11,14,18,20,22H,9-10,12-13H2,1-5H3/t14-,18+,20-,22-,24+,25-,26-/m0/s1. The molecule has 2 fully saturated rings. The molecule has 4 rings (SSSR count). The van der Waals surface area contributed by atoms with Crippen molar-refractivity contribution in [1.29, 1.82) is 0 Å². The van der Waals surface area contributed by atoms with Gasteiger partial charge in [0.05, 0.1) is 0 Å². The zero-order valence-corrected chi connectivity index (χ0v) is 19.8. The molecule has 0 saturated heterocycles. The highest BCUT2D eigenvalue weighted by Gasteiger charge is 2.70. The lowest BCUT2D eigenvalue weighted by molar-refractivity contribution is -0.190. The number of halogens is 1. The van der Waals surface area contributed by atoms with Crippen LogP contribution in [0.5, 0.6) is 0 Å². The summed E-state index contributed by atoms with van der Waals surface area (Å²) in [6.07, 6.45) is 6.73. The van der Waals surface area contributed by atoms with E-state index in [9.17, 15) is 19.2 Å². The molecular formula is C26H31FO6. The topological polar surface area (TPSA) is 86.7 Å². The third-order valence-corrected chi connectivity index (χ3v) is 8.60. The number of alkyl halides is 1. The van der Waals surface area contributed by atoms with E-state index in [4.69, 9.17) is 9.47 Å². The van der Waals surface area contributed by atoms with E-state index in [0.717, 1.165) is 5.57 Å². The van der Waals surface area contributed by atoms with Crippen LogP contribution in [-0.4, -0.2) is 41.9 Å². The maximum atomic E-state index is 15.5. The van der Waals surface area contributed by atoms with Gasteiger partial charge in [0.2, 0.25) is 5.78 Å². The maximum Gasteiger partial charge on any atom is 0.303 e. The number of hydrogen-bond acceptors (Lipinski definition) is 6. The highest BCUT2D eigenvalue weighted by molar-refractivity contribution is 6.01. The summed E-state index contributed by atoms with van der Waals surface area (Å²) in [7, 11) is 0. The third kappa shape index (κ3) is 3.26.